The number of nitrogens with zero attached hydrogens (tertiary/aromatic N) is 3. The normalized spacial score (nSPS) is 26.9. The smallest absolute Gasteiger partial charge is 0.150 e. The summed E-state index contributed by atoms with van der Waals surface area (Å²) in [4.78, 5) is 10.1. The topological polar surface area (TPSA) is 55.0 Å². The van der Waals surface area contributed by atoms with Crippen molar-refractivity contribution in [1.29, 1.82) is 0 Å². The lowest BCUT2D eigenvalue weighted by Crippen LogP contribution is -2.28. The van der Waals surface area contributed by atoms with E-state index in [4.69, 9.17) is 17.3 Å². The van der Waals surface area contributed by atoms with Crippen LogP contribution in [0, 0.1) is 5.92 Å². The van der Waals surface area contributed by atoms with Crippen LogP contribution in [0.5, 0.6) is 0 Å². The molecule has 1 aliphatic heterocycles. The zero-order valence-electron chi connectivity index (χ0n) is 8.02. The highest BCUT2D eigenvalue weighted by atomic mass is 35.5. The van der Waals surface area contributed by atoms with Gasteiger partial charge in [-0.3, -0.25) is 0 Å². The van der Waals surface area contributed by atoms with Crippen molar-refractivity contribution in [3.63, 3.8) is 0 Å². The Morgan fingerprint density at radius 3 is 2.93 bits per heavy atom. The van der Waals surface area contributed by atoms with Crippen molar-refractivity contribution < 1.29 is 0 Å². The fourth-order valence-corrected chi connectivity index (χ4v) is 1.93. The lowest BCUT2D eigenvalue weighted by molar-refractivity contribution is 0.566. The fraction of sp³-hybridized carbons (Fsp3) is 0.556. The van der Waals surface area contributed by atoms with Crippen LogP contribution in [0.2, 0.25) is 5.02 Å². The summed E-state index contributed by atoms with van der Waals surface area (Å²) >= 11 is 5.99. The third-order valence-corrected chi connectivity index (χ3v) is 2.88. The van der Waals surface area contributed by atoms with Crippen LogP contribution in [0.15, 0.2) is 12.5 Å². The summed E-state index contributed by atoms with van der Waals surface area (Å²) in [6, 6.07) is 0.209. The molecule has 1 aliphatic rings. The molecule has 0 spiro atoms. The number of rotatable bonds is 1. The van der Waals surface area contributed by atoms with Crippen molar-refractivity contribution in [2.75, 3.05) is 18.0 Å². The Hall–Kier alpha value is -0.870. The van der Waals surface area contributed by atoms with Crippen molar-refractivity contribution in [2.24, 2.45) is 11.7 Å². The number of nitrogens with two attached hydrogens (primary N) is 1. The van der Waals surface area contributed by atoms with Crippen molar-refractivity contribution in [2.45, 2.75) is 13.0 Å². The number of hydrogen-bond donors (Lipinski definition) is 1. The SMILES string of the molecule is CC1CN(c2ncncc2Cl)CC1N. The van der Waals surface area contributed by atoms with Crippen molar-refractivity contribution in [3.05, 3.63) is 17.5 Å². The molecule has 1 saturated heterocycles. The van der Waals surface area contributed by atoms with Gasteiger partial charge >= 0.3 is 0 Å². The van der Waals surface area contributed by atoms with Gasteiger partial charge in [-0.05, 0) is 5.92 Å². The Balaban J connectivity index is 2.21. The maximum Gasteiger partial charge on any atom is 0.150 e. The predicted molar refractivity (Wildman–Crippen MR) is 56.4 cm³/mol. The van der Waals surface area contributed by atoms with Crippen LogP contribution in [0.4, 0.5) is 5.82 Å². The lowest BCUT2D eigenvalue weighted by atomic mass is 10.1. The Kier molecular flexibility index (Phi) is 2.56. The largest absolute Gasteiger partial charge is 0.353 e. The van der Waals surface area contributed by atoms with E-state index in [9.17, 15) is 0 Å². The molecule has 2 rings (SSSR count). The van der Waals surface area contributed by atoms with Gasteiger partial charge in [0.2, 0.25) is 0 Å². The molecular formula is C9H13ClN4. The van der Waals surface area contributed by atoms with Gasteiger partial charge in [0.1, 0.15) is 11.3 Å². The third-order valence-electron chi connectivity index (χ3n) is 2.62. The molecular weight excluding hydrogens is 200 g/mol. The average molecular weight is 213 g/mol. The van der Waals surface area contributed by atoms with Gasteiger partial charge in [0, 0.05) is 19.1 Å². The molecule has 2 N–H and O–H groups in total. The molecule has 1 fully saturated rings. The first-order chi connectivity index (χ1) is 6.68. The van der Waals surface area contributed by atoms with E-state index in [1.54, 1.807) is 6.20 Å². The summed E-state index contributed by atoms with van der Waals surface area (Å²) in [7, 11) is 0. The van der Waals surface area contributed by atoms with Gasteiger partial charge in [-0.1, -0.05) is 18.5 Å². The molecule has 5 heteroatoms. The van der Waals surface area contributed by atoms with Gasteiger partial charge in [-0.2, -0.15) is 0 Å². The van der Waals surface area contributed by atoms with Crippen molar-refractivity contribution >= 4 is 17.4 Å². The molecule has 4 nitrogen and oxygen atoms in total. The van der Waals surface area contributed by atoms with E-state index in [-0.39, 0.29) is 6.04 Å². The Morgan fingerprint density at radius 1 is 1.57 bits per heavy atom. The van der Waals surface area contributed by atoms with Crippen LogP contribution in [0.1, 0.15) is 6.92 Å². The van der Waals surface area contributed by atoms with Crippen LogP contribution in [-0.2, 0) is 0 Å². The predicted octanol–water partition coefficient (Wildman–Crippen LogP) is 0.913. The average Bonchev–Trinajstić information content (AvgIpc) is 2.48. The second kappa shape index (κ2) is 3.71. The maximum absolute atomic E-state index is 5.99. The van der Waals surface area contributed by atoms with E-state index >= 15 is 0 Å². The van der Waals surface area contributed by atoms with E-state index in [2.05, 4.69) is 21.8 Å². The van der Waals surface area contributed by atoms with Gasteiger partial charge in [0.15, 0.2) is 5.82 Å². The van der Waals surface area contributed by atoms with Crippen molar-refractivity contribution in [1.82, 2.24) is 9.97 Å². The van der Waals surface area contributed by atoms with E-state index < -0.39 is 0 Å². The van der Waals surface area contributed by atoms with Crippen LogP contribution in [0.25, 0.3) is 0 Å². The summed E-state index contributed by atoms with van der Waals surface area (Å²) in [5.74, 6) is 1.28. The summed E-state index contributed by atoms with van der Waals surface area (Å²) < 4.78 is 0. The highest BCUT2D eigenvalue weighted by molar-refractivity contribution is 6.32. The number of aromatic nitrogens is 2. The van der Waals surface area contributed by atoms with E-state index in [0.29, 0.717) is 10.9 Å². The minimum Gasteiger partial charge on any atom is -0.353 e. The first-order valence-corrected chi connectivity index (χ1v) is 5.02. The molecule has 2 unspecified atom stereocenters. The van der Waals surface area contributed by atoms with Crippen LogP contribution in [0.3, 0.4) is 0 Å². The zero-order valence-corrected chi connectivity index (χ0v) is 8.78. The minimum atomic E-state index is 0.209. The molecule has 0 radical (unpaired) electrons. The molecule has 1 aromatic heterocycles. The summed E-state index contributed by atoms with van der Waals surface area (Å²) in [5, 5.41) is 0.591. The summed E-state index contributed by atoms with van der Waals surface area (Å²) in [5.41, 5.74) is 5.93. The molecule has 0 saturated carbocycles. The molecule has 1 aromatic rings. The number of halogens is 1. The monoisotopic (exact) mass is 212 g/mol. The molecule has 76 valence electrons. The minimum absolute atomic E-state index is 0.209. The van der Waals surface area contributed by atoms with Gasteiger partial charge < -0.3 is 10.6 Å². The van der Waals surface area contributed by atoms with Crippen molar-refractivity contribution in [3.8, 4) is 0 Å². The third kappa shape index (κ3) is 1.67. The van der Waals surface area contributed by atoms with Gasteiger partial charge in [0.05, 0.1) is 6.20 Å². The van der Waals surface area contributed by atoms with E-state index in [1.807, 2.05) is 0 Å². The molecule has 0 bridgehead atoms. The molecule has 2 heterocycles. The van der Waals surface area contributed by atoms with Gasteiger partial charge in [-0.25, -0.2) is 9.97 Å². The molecule has 2 atom stereocenters. The molecule has 14 heavy (non-hydrogen) atoms. The second-order valence-corrected chi connectivity index (χ2v) is 4.15. The Morgan fingerprint density at radius 2 is 2.36 bits per heavy atom. The molecule has 0 aromatic carbocycles. The van der Waals surface area contributed by atoms with Crippen LogP contribution >= 0.6 is 11.6 Å². The van der Waals surface area contributed by atoms with Crippen LogP contribution < -0.4 is 10.6 Å². The van der Waals surface area contributed by atoms with E-state index in [0.717, 1.165) is 18.9 Å². The van der Waals surface area contributed by atoms with E-state index in [1.165, 1.54) is 6.33 Å². The number of hydrogen-bond acceptors (Lipinski definition) is 4. The highest BCUT2D eigenvalue weighted by Gasteiger charge is 2.28. The van der Waals surface area contributed by atoms with Crippen LogP contribution in [-0.4, -0.2) is 29.1 Å². The first-order valence-electron chi connectivity index (χ1n) is 4.64. The number of anilines is 1. The summed E-state index contributed by atoms with van der Waals surface area (Å²) in [6.07, 6.45) is 3.12. The summed E-state index contributed by atoms with van der Waals surface area (Å²) in [6.45, 7) is 3.87. The van der Waals surface area contributed by atoms with Gasteiger partial charge in [0.25, 0.3) is 0 Å². The van der Waals surface area contributed by atoms with Gasteiger partial charge in [-0.15, -0.1) is 0 Å². The Labute approximate surface area is 88.1 Å². The molecule has 0 amide bonds. The quantitative estimate of drug-likeness (QED) is 0.752. The molecule has 0 aliphatic carbocycles. The maximum atomic E-state index is 5.99. The Bertz CT molecular complexity index is 320. The second-order valence-electron chi connectivity index (χ2n) is 3.74. The highest BCUT2D eigenvalue weighted by Crippen LogP contribution is 2.26. The lowest BCUT2D eigenvalue weighted by Gasteiger charge is -2.17. The first kappa shape index (κ1) is 9.68. The fourth-order valence-electron chi connectivity index (χ4n) is 1.70. The standard InChI is InChI=1S/C9H13ClN4/c1-6-3-14(4-8(6)11)9-7(10)2-12-5-13-9/h2,5-6,8H,3-4,11H2,1H3. The zero-order chi connectivity index (χ0) is 10.1.